The Bertz CT molecular complexity index is 617. The summed E-state index contributed by atoms with van der Waals surface area (Å²) in [4.78, 5) is 16.5. The summed E-state index contributed by atoms with van der Waals surface area (Å²) in [6.45, 7) is 0.512. The van der Waals surface area contributed by atoms with Crippen LogP contribution in [-0.2, 0) is 17.8 Å². The molecule has 4 nitrogen and oxygen atoms in total. The van der Waals surface area contributed by atoms with E-state index in [4.69, 9.17) is 4.74 Å². The highest BCUT2D eigenvalue weighted by molar-refractivity contribution is 7.09. The Kier molecular flexibility index (Phi) is 4.20. The van der Waals surface area contributed by atoms with Crippen molar-refractivity contribution in [1.29, 1.82) is 0 Å². The van der Waals surface area contributed by atoms with E-state index in [9.17, 15) is 4.79 Å². The number of hydrogen-bond donors (Lipinski definition) is 1. The average molecular weight is 302 g/mol. The average Bonchev–Trinajstić information content (AvgIpc) is 3.25. The molecule has 5 heteroatoms. The number of amides is 1. The third-order valence-electron chi connectivity index (χ3n) is 3.49. The Hall–Kier alpha value is -1.88. The van der Waals surface area contributed by atoms with Gasteiger partial charge in [0, 0.05) is 11.3 Å². The van der Waals surface area contributed by atoms with E-state index in [0.717, 1.165) is 17.0 Å². The largest absolute Gasteiger partial charge is 0.497 e. The molecular formula is C16H18N2O2S. The van der Waals surface area contributed by atoms with E-state index >= 15 is 0 Å². The molecule has 1 aliphatic carbocycles. The van der Waals surface area contributed by atoms with Gasteiger partial charge in [0.25, 0.3) is 0 Å². The minimum atomic E-state index is 0.0149. The molecule has 0 unspecified atom stereocenters. The molecule has 2 aromatic rings. The van der Waals surface area contributed by atoms with Gasteiger partial charge in [-0.3, -0.25) is 4.79 Å². The SMILES string of the molecule is COc1ccc(CC(=O)NCc2csc(C3CC3)n2)cc1. The predicted molar refractivity (Wildman–Crippen MR) is 82.6 cm³/mol. The van der Waals surface area contributed by atoms with Gasteiger partial charge in [0.1, 0.15) is 5.75 Å². The second-order valence-corrected chi connectivity index (χ2v) is 6.14. The highest BCUT2D eigenvalue weighted by Gasteiger charge is 2.26. The summed E-state index contributed by atoms with van der Waals surface area (Å²) in [5.41, 5.74) is 1.94. The predicted octanol–water partition coefficient (Wildman–Crippen LogP) is 2.89. The number of aromatic nitrogens is 1. The summed E-state index contributed by atoms with van der Waals surface area (Å²) in [7, 11) is 1.63. The molecule has 1 amide bonds. The fraction of sp³-hybridized carbons (Fsp3) is 0.375. The second-order valence-electron chi connectivity index (χ2n) is 5.25. The number of benzene rings is 1. The van der Waals surface area contributed by atoms with Gasteiger partial charge < -0.3 is 10.1 Å². The number of hydrogen-bond acceptors (Lipinski definition) is 4. The first-order chi connectivity index (χ1) is 10.2. The van der Waals surface area contributed by atoms with Crippen LogP contribution in [0.4, 0.5) is 0 Å². The van der Waals surface area contributed by atoms with Crippen LogP contribution in [0.15, 0.2) is 29.6 Å². The molecule has 110 valence electrons. The highest BCUT2D eigenvalue weighted by atomic mass is 32.1. The lowest BCUT2D eigenvalue weighted by atomic mass is 10.1. The van der Waals surface area contributed by atoms with Crippen LogP contribution in [0.25, 0.3) is 0 Å². The van der Waals surface area contributed by atoms with Crippen molar-refractivity contribution < 1.29 is 9.53 Å². The lowest BCUT2D eigenvalue weighted by Gasteiger charge is -2.05. The van der Waals surface area contributed by atoms with Gasteiger partial charge in [-0.25, -0.2) is 4.98 Å². The van der Waals surface area contributed by atoms with Crippen molar-refractivity contribution in [2.75, 3.05) is 7.11 Å². The summed E-state index contributed by atoms with van der Waals surface area (Å²) in [6.07, 6.45) is 2.90. The Morgan fingerprint density at radius 3 is 2.81 bits per heavy atom. The summed E-state index contributed by atoms with van der Waals surface area (Å²) < 4.78 is 5.10. The lowest BCUT2D eigenvalue weighted by Crippen LogP contribution is -2.24. The number of nitrogens with one attached hydrogen (secondary N) is 1. The minimum absolute atomic E-state index is 0.0149. The van der Waals surface area contributed by atoms with Gasteiger partial charge in [0.15, 0.2) is 0 Å². The van der Waals surface area contributed by atoms with Crippen LogP contribution < -0.4 is 10.1 Å². The normalized spacial score (nSPS) is 14.0. The fourth-order valence-electron chi connectivity index (χ4n) is 2.10. The molecule has 1 fully saturated rings. The Balaban J connectivity index is 1.48. The molecule has 1 heterocycles. The van der Waals surface area contributed by atoms with Crippen molar-refractivity contribution in [3.05, 3.63) is 45.9 Å². The maximum atomic E-state index is 11.9. The zero-order chi connectivity index (χ0) is 14.7. The summed E-state index contributed by atoms with van der Waals surface area (Å²) >= 11 is 1.70. The van der Waals surface area contributed by atoms with E-state index in [-0.39, 0.29) is 5.91 Å². The van der Waals surface area contributed by atoms with Gasteiger partial charge in [-0.1, -0.05) is 12.1 Å². The van der Waals surface area contributed by atoms with E-state index in [1.165, 1.54) is 17.8 Å². The van der Waals surface area contributed by atoms with Gasteiger partial charge in [-0.05, 0) is 30.5 Å². The van der Waals surface area contributed by atoms with Crippen molar-refractivity contribution in [2.45, 2.75) is 31.7 Å². The molecule has 0 aliphatic heterocycles. The second kappa shape index (κ2) is 6.26. The first-order valence-corrected chi connectivity index (χ1v) is 7.96. The number of carbonyl (C=O) groups excluding carboxylic acids is 1. The molecule has 1 N–H and O–H groups in total. The number of thiazole rings is 1. The number of nitrogens with zero attached hydrogens (tertiary/aromatic N) is 1. The van der Waals surface area contributed by atoms with Crippen LogP contribution in [0.2, 0.25) is 0 Å². The van der Waals surface area contributed by atoms with Crippen LogP contribution in [0.5, 0.6) is 5.75 Å². The molecule has 1 aromatic heterocycles. The zero-order valence-electron chi connectivity index (χ0n) is 12.0. The highest BCUT2D eigenvalue weighted by Crippen LogP contribution is 2.41. The molecule has 0 bridgehead atoms. The molecule has 0 saturated heterocycles. The van der Waals surface area contributed by atoms with E-state index in [0.29, 0.717) is 18.9 Å². The molecule has 1 aromatic carbocycles. The van der Waals surface area contributed by atoms with Crippen molar-refractivity contribution in [2.24, 2.45) is 0 Å². The van der Waals surface area contributed by atoms with Gasteiger partial charge in [0.05, 0.1) is 30.8 Å². The fourth-order valence-corrected chi connectivity index (χ4v) is 3.09. The molecule has 0 spiro atoms. The minimum Gasteiger partial charge on any atom is -0.497 e. The van der Waals surface area contributed by atoms with E-state index in [1.54, 1.807) is 18.4 Å². The van der Waals surface area contributed by atoms with Crippen LogP contribution in [0.3, 0.4) is 0 Å². The smallest absolute Gasteiger partial charge is 0.224 e. The number of ether oxygens (including phenoxy) is 1. The van der Waals surface area contributed by atoms with Crippen molar-refractivity contribution >= 4 is 17.2 Å². The van der Waals surface area contributed by atoms with Crippen molar-refractivity contribution in [3.8, 4) is 5.75 Å². The van der Waals surface area contributed by atoms with Crippen LogP contribution in [0, 0.1) is 0 Å². The maximum Gasteiger partial charge on any atom is 0.224 e. The molecule has 3 rings (SSSR count). The van der Waals surface area contributed by atoms with Gasteiger partial charge >= 0.3 is 0 Å². The molecular weight excluding hydrogens is 284 g/mol. The molecule has 0 radical (unpaired) electrons. The Morgan fingerprint density at radius 2 is 2.14 bits per heavy atom. The molecule has 21 heavy (non-hydrogen) atoms. The zero-order valence-corrected chi connectivity index (χ0v) is 12.8. The summed E-state index contributed by atoms with van der Waals surface area (Å²) in [6, 6.07) is 7.55. The first-order valence-electron chi connectivity index (χ1n) is 7.08. The molecule has 1 aliphatic rings. The number of carbonyl (C=O) groups is 1. The van der Waals surface area contributed by atoms with Crippen LogP contribution in [0.1, 0.15) is 35.0 Å². The van der Waals surface area contributed by atoms with E-state index in [2.05, 4.69) is 10.3 Å². The number of rotatable bonds is 6. The Labute approximate surface area is 128 Å². The summed E-state index contributed by atoms with van der Waals surface area (Å²) in [5.74, 6) is 1.49. The quantitative estimate of drug-likeness (QED) is 0.892. The van der Waals surface area contributed by atoms with Crippen molar-refractivity contribution in [3.63, 3.8) is 0 Å². The summed E-state index contributed by atoms with van der Waals surface area (Å²) in [5, 5.41) is 6.18. The third kappa shape index (κ3) is 3.82. The van der Waals surface area contributed by atoms with Crippen LogP contribution >= 0.6 is 11.3 Å². The third-order valence-corrected chi connectivity index (χ3v) is 4.54. The standard InChI is InChI=1S/C16H18N2O2S/c1-20-14-6-2-11(3-7-14)8-15(19)17-9-13-10-21-16(18-13)12-4-5-12/h2-3,6-7,10,12H,4-5,8-9H2,1H3,(H,17,19). The van der Waals surface area contributed by atoms with Gasteiger partial charge in [0.2, 0.25) is 5.91 Å². The molecule has 1 saturated carbocycles. The first kappa shape index (κ1) is 14.1. The van der Waals surface area contributed by atoms with Gasteiger partial charge in [-0.15, -0.1) is 11.3 Å². The van der Waals surface area contributed by atoms with Gasteiger partial charge in [-0.2, -0.15) is 0 Å². The number of methoxy groups -OCH3 is 1. The van der Waals surface area contributed by atoms with Crippen molar-refractivity contribution in [1.82, 2.24) is 10.3 Å². The Morgan fingerprint density at radius 1 is 1.38 bits per heavy atom. The maximum absolute atomic E-state index is 11.9. The lowest BCUT2D eigenvalue weighted by molar-refractivity contribution is -0.120. The molecule has 0 atom stereocenters. The van der Waals surface area contributed by atoms with E-state index in [1.807, 2.05) is 29.6 Å². The topological polar surface area (TPSA) is 51.2 Å². The monoisotopic (exact) mass is 302 g/mol. The van der Waals surface area contributed by atoms with Crippen LogP contribution in [-0.4, -0.2) is 18.0 Å². The van der Waals surface area contributed by atoms with E-state index < -0.39 is 0 Å².